The molecule has 0 spiro atoms. The summed E-state index contributed by atoms with van der Waals surface area (Å²) >= 11 is 0. The molecule has 4 heteroatoms. The van der Waals surface area contributed by atoms with E-state index in [9.17, 15) is 4.79 Å². The molecule has 2 aromatic heterocycles. The summed E-state index contributed by atoms with van der Waals surface area (Å²) in [7, 11) is 0. The maximum Gasteiger partial charge on any atom is 0.212 e. The Balaban J connectivity index is 2.55. The predicted molar refractivity (Wildman–Crippen MR) is 49.6 cm³/mol. The Labute approximate surface area is 75.2 Å². The Kier molecular flexibility index (Phi) is 1.73. The zero-order chi connectivity index (χ0) is 9.26. The summed E-state index contributed by atoms with van der Waals surface area (Å²) in [6, 6.07) is 3.89. The van der Waals surface area contributed by atoms with E-state index in [1.54, 1.807) is 6.20 Å². The molecule has 2 heterocycles. The van der Waals surface area contributed by atoms with Crippen LogP contribution in [0.25, 0.3) is 5.65 Å². The summed E-state index contributed by atoms with van der Waals surface area (Å²) in [5.74, 6) is 0.570. The second-order valence-electron chi connectivity index (χ2n) is 2.86. The van der Waals surface area contributed by atoms with Gasteiger partial charge >= 0.3 is 0 Å². The molecule has 0 aliphatic carbocycles. The zero-order valence-electron chi connectivity index (χ0n) is 7.19. The van der Waals surface area contributed by atoms with Crippen molar-refractivity contribution >= 4 is 17.9 Å². The number of aryl methyl sites for hydroxylation is 1. The molecule has 0 atom stereocenters. The van der Waals surface area contributed by atoms with E-state index in [4.69, 9.17) is 0 Å². The number of nitrogens with one attached hydrogen (secondary N) is 1. The average Bonchev–Trinajstić information content (AvgIpc) is 2.46. The Morgan fingerprint density at radius 2 is 2.31 bits per heavy atom. The average molecular weight is 175 g/mol. The molecular formula is C9H9N3O. The highest BCUT2D eigenvalue weighted by molar-refractivity contribution is 5.69. The summed E-state index contributed by atoms with van der Waals surface area (Å²) in [5.41, 5.74) is 1.98. The monoisotopic (exact) mass is 175 g/mol. The van der Waals surface area contributed by atoms with Crippen molar-refractivity contribution in [2.75, 3.05) is 5.32 Å². The molecule has 2 rings (SSSR count). The van der Waals surface area contributed by atoms with E-state index in [2.05, 4.69) is 10.3 Å². The molecular weight excluding hydrogens is 166 g/mol. The molecule has 13 heavy (non-hydrogen) atoms. The topological polar surface area (TPSA) is 46.4 Å². The molecule has 4 nitrogen and oxygen atoms in total. The van der Waals surface area contributed by atoms with Crippen LogP contribution in [0.2, 0.25) is 0 Å². The fraction of sp³-hybridized carbons (Fsp3) is 0.111. The molecule has 66 valence electrons. The second kappa shape index (κ2) is 2.90. The number of nitrogens with zero attached hydrogens (tertiary/aromatic N) is 2. The van der Waals surface area contributed by atoms with Crippen molar-refractivity contribution in [3.05, 3.63) is 30.1 Å². The zero-order valence-corrected chi connectivity index (χ0v) is 7.19. The van der Waals surface area contributed by atoms with E-state index in [1.165, 1.54) is 0 Å². The third-order valence-corrected chi connectivity index (χ3v) is 1.81. The third kappa shape index (κ3) is 1.38. The summed E-state index contributed by atoms with van der Waals surface area (Å²) in [5, 5.41) is 2.50. The highest BCUT2D eigenvalue weighted by Gasteiger charge is 1.98. The number of carbonyl (C=O) groups excluding carboxylic acids is 1. The number of anilines is 1. The Morgan fingerprint density at radius 1 is 1.46 bits per heavy atom. The molecule has 0 unspecified atom stereocenters. The number of imidazole rings is 1. The van der Waals surface area contributed by atoms with Crippen LogP contribution in [0.15, 0.2) is 24.5 Å². The maximum absolute atomic E-state index is 10.2. The summed E-state index contributed by atoms with van der Waals surface area (Å²) in [4.78, 5) is 14.3. The third-order valence-electron chi connectivity index (χ3n) is 1.81. The van der Waals surface area contributed by atoms with Gasteiger partial charge in [-0.15, -0.1) is 0 Å². The Morgan fingerprint density at radius 3 is 3.08 bits per heavy atom. The van der Waals surface area contributed by atoms with Gasteiger partial charge in [0.15, 0.2) is 5.82 Å². The van der Waals surface area contributed by atoms with E-state index in [0.717, 1.165) is 11.2 Å². The minimum atomic E-state index is 0.570. The highest BCUT2D eigenvalue weighted by atomic mass is 16.1. The van der Waals surface area contributed by atoms with Crippen LogP contribution in [0.5, 0.6) is 0 Å². The smallest absolute Gasteiger partial charge is 0.212 e. The molecule has 0 aromatic carbocycles. The minimum absolute atomic E-state index is 0.570. The number of carbonyl (C=O) groups is 1. The van der Waals surface area contributed by atoms with Crippen LogP contribution in [-0.4, -0.2) is 15.8 Å². The van der Waals surface area contributed by atoms with Crippen molar-refractivity contribution in [2.45, 2.75) is 6.92 Å². The first-order valence-corrected chi connectivity index (χ1v) is 3.95. The maximum atomic E-state index is 10.2. The van der Waals surface area contributed by atoms with Crippen LogP contribution < -0.4 is 5.32 Å². The molecule has 0 saturated carbocycles. The second-order valence-corrected chi connectivity index (χ2v) is 2.86. The van der Waals surface area contributed by atoms with Gasteiger partial charge in [0, 0.05) is 6.20 Å². The van der Waals surface area contributed by atoms with Crippen LogP contribution in [-0.2, 0) is 4.79 Å². The van der Waals surface area contributed by atoms with Crippen LogP contribution in [0, 0.1) is 6.92 Å². The lowest BCUT2D eigenvalue weighted by molar-refractivity contribution is -0.105. The number of pyridine rings is 1. The lowest BCUT2D eigenvalue weighted by Crippen LogP contribution is -1.92. The Hall–Kier alpha value is -1.84. The molecule has 0 radical (unpaired) electrons. The van der Waals surface area contributed by atoms with Crippen LogP contribution in [0.3, 0.4) is 0 Å². The number of amides is 1. The van der Waals surface area contributed by atoms with E-state index < -0.39 is 0 Å². The lowest BCUT2D eigenvalue weighted by atomic mass is 10.3. The van der Waals surface area contributed by atoms with Gasteiger partial charge in [-0.05, 0) is 18.6 Å². The molecule has 0 fully saturated rings. The van der Waals surface area contributed by atoms with Crippen molar-refractivity contribution in [2.24, 2.45) is 0 Å². The van der Waals surface area contributed by atoms with E-state index in [0.29, 0.717) is 12.2 Å². The molecule has 1 N–H and O–H groups in total. The summed E-state index contributed by atoms with van der Waals surface area (Å²) in [6.07, 6.45) is 4.35. The summed E-state index contributed by atoms with van der Waals surface area (Å²) < 4.78 is 1.88. The number of hydrogen-bond donors (Lipinski definition) is 1. The van der Waals surface area contributed by atoms with Crippen molar-refractivity contribution in [3.8, 4) is 0 Å². The molecule has 0 bridgehead atoms. The molecule has 0 aliphatic heterocycles. The quantitative estimate of drug-likeness (QED) is 0.697. The largest absolute Gasteiger partial charge is 0.312 e. The van der Waals surface area contributed by atoms with Gasteiger partial charge in [0.25, 0.3) is 0 Å². The number of rotatable bonds is 2. The van der Waals surface area contributed by atoms with Gasteiger partial charge < -0.3 is 9.72 Å². The molecule has 0 saturated heterocycles. The van der Waals surface area contributed by atoms with Gasteiger partial charge in [0.1, 0.15) is 5.65 Å². The van der Waals surface area contributed by atoms with Crippen molar-refractivity contribution in [3.63, 3.8) is 0 Å². The van der Waals surface area contributed by atoms with E-state index in [1.807, 2.05) is 29.7 Å². The van der Waals surface area contributed by atoms with Crippen LogP contribution in [0.4, 0.5) is 5.82 Å². The first-order valence-electron chi connectivity index (χ1n) is 3.95. The van der Waals surface area contributed by atoms with Gasteiger partial charge in [0.05, 0.1) is 6.20 Å². The van der Waals surface area contributed by atoms with Gasteiger partial charge in [0.2, 0.25) is 6.41 Å². The van der Waals surface area contributed by atoms with Crippen LogP contribution >= 0.6 is 0 Å². The molecule has 0 aliphatic rings. The molecule has 2 aromatic rings. The van der Waals surface area contributed by atoms with E-state index in [-0.39, 0.29) is 0 Å². The predicted octanol–water partition coefficient (Wildman–Crippen LogP) is 1.21. The Bertz CT molecular complexity index is 447. The minimum Gasteiger partial charge on any atom is -0.312 e. The van der Waals surface area contributed by atoms with Gasteiger partial charge in [-0.3, -0.25) is 4.79 Å². The summed E-state index contributed by atoms with van der Waals surface area (Å²) in [6.45, 7) is 2.01. The van der Waals surface area contributed by atoms with Crippen molar-refractivity contribution in [1.29, 1.82) is 0 Å². The van der Waals surface area contributed by atoms with Gasteiger partial charge in [-0.1, -0.05) is 6.07 Å². The number of fused-ring (bicyclic) bond motifs is 1. The van der Waals surface area contributed by atoms with Crippen molar-refractivity contribution in [1.82, 2.24) is 9.38 Å². The first kappa shape index (κ1) is 7.79. The van der Waals surface area contributed by atoms with Gasteiger partial charge in [-0.25, -0.2) is 4.98 Å². The number of hydrogen-bond acceptors (Lipinski definition) is 2. The standard InChI is InChI=1S/C9H9N3O/c1-7-2-3-9-11-8(10-6-13)5-12(9)4-7/h2-6H,1H3,(H,10,13). The highest BCUT2D eigenvalue weighted by Crippen LogP contribution is 2.09. The number of aromatic nitrogens is 2. The van der Waals surface area contributed by atoms with Gasteiger partial charge in [-0.2, -0.15) is 0 Å². The van der Waals surface area contributed by atoms with E-state index >= 15 is 0 Å². The lowest BCUT2D eigenvalue weighted by Gasteiger charge is -1.92. The molecule has 1 amide bonds. The first-order chi connectivity index (χ1) is 6.29. The van der Waals surface area contributed by atoms with Crippen molar-refractivity contribution < 1.29 is 4.79 Å². The SMILES string of the molecule is Cc1ccc2nc(NC=O)cn2c1. The van der Waals surface area contributed by atoms with Crippen LogP contribution in [0.1, 0.15) is 5.56 Å². The fourth-order valence-electron chi connectivity index (χ4n) is 1.23. The fourth-order valence-corrected chi connectivity index (χ4v) is 1.23. The normalized spacial score (nSPS) is 10.2.